The molecule has 96 valence electrons. The Bertz CT molecular complexity index is 532. The topological polar surface area (TPSA) is 73.8 Å². The number of aromatic nitrogens is 3. The van der Waals surface area contributed by atoms with Crippen molar-refractivity contribution in [1.29, 1.82) is 0 Å². The van der Waals surface area contributed by atoms with Crippen molar-refractivity contribution in [2.75, 3.05) is 5.73 Å². The fraction of sp³-hybridized carbons (Fsp3) is 0.417. The molecule has 2 aromatic heterocycles. The van der Waals surface area contributed by atoms with Gasteiger partial charge < -0.3 is 10.3 Å². The number of nitrogens with zero attached hydrogens (tertiary/aromatic N) is 3. The van der Waals surface area contributed by atoms with Gasteiger partial charge in [0.25, 0.3) is 0 Å². The maximum atomic E-state index is 11.9. The zero-order valence-corrected chi connectivity index (χ0v) is 11.1. The average molecular weight is 264 g/mol. The first-order chi connectivity index (χ1) is 8.69. The second-order valence-corrected chi connectivity index (χ2v) is 5.00. The third-order valence-corrected chi connectivity index (χ3v) is 3.29. The van der Waals surface area contributed by atoms with E-state index in [2.05, 4.69) is 16.9 Å². The second kappa shape index (κ2) is 5.77. The Kier molecular flexibility index (Phi) is 4.09. The molecule has 0 saturated heterocycles. The van der Waals surface area contributed by atoms with Crippen LogP contribution in [-0.4, -0.2) is 20.3 Å². The highest BCUT2D eigenvalue weighted by molar-refractivity contribution is 7.13. The number of ketones is 1. The Morgan fingerprint density at radius 2 is 2.33 bits per heavy atom. The molecule has 6 heteroatoms. The van der Waals surface area contributed by atoms with Crippen LogP contribution in [0.25, 0.3) is 0 Å². The van der Waals surface area contributed by atoms with E-state index in [0.717, 1.165) is 24.5 Å². The van der Waals surface area contributed by atoms with E-state index in [1.807, 2.05) is 16.1 Å². The summed E-state index contributed by atoms with van der Waals surface area (Å²) in [5.74, 6) is 0.939. The van der Waals surface area contributed by atoms with E-state index < -0.39 is 0 Å². The van der Waals surface area contributed by atoms with Crippen molar-refractivity contribution in [3.63, 3.8) is 0 Å². The van der Waals surface area contributed by atoms with Crippen LogP contribution in [0.15, 0.2) is 17.8 Å². The summed E-state index contributed by atoms with van der Waals surface area (Å²) in [6, 6.07) is 0. The molecule has 0 radical (unpaired) electrons. The van der Waals surface area contributed by atoms with Crippen LogP contribution in [0, 0.1) is 0 Å². The second-order valence-electron chi connectivity index (χ2n) is 4.11. The van der Waals surface area contributed by atoms with Crippen LogP contribution in [-0.2, 0) is 24.2 Å². The van der Waals surface area contributed by atoms with Crippen LogP contribution in [0.3, 0.4) is 0 Å². The monoisotopic (exact) mass is 264 g/mol. The molecule has 0 aliphatic heterocycles. The molecular formula is C12H16N4OS. The molecular weight excluding hydrogens is 248 g/mol. The summed E-state index contributed by atoms with van der Waals surface area (Å²) in [4.78, 5) is 20.2. The van der Waals surface area contributed by atoms with Crippen LogP contribution in [0.4, 0.5) is 5.13 Å². The number of hydrogen-bond acceptors (Lipinski definition) is 5. The van der Waals surface area contributed by atoms with Gasteiger partial charge in [-0.3, -0.25) is 4.79 Å². The van der Waals surface area contributed by atoms with Crippen LogP contribution >= 0.6 is 11.3 Å². The lowest BCUT2D eigenvalue weighted by Gasteiger charge is -2.04. The van der Waals surface area contributed by atoms with Gasteiger partial charge in [0.05, 0.1) is 18.5 Å². The van der Waals surface area contributed by atoms with Crippen LogP contribution in [0.5, 0.6) is 0 Å². The highest BCUT2D eigenvalue weighted by atomic mass is 32.1. The minimum Gasteiger partial charge on any atom is -0.375 e. The van der Waals surface area contributed by atoms with Crippen molar-refractivity contribution >= 4 is 22.3 Å². The molecule has 0 saturated carbocycles. The van der Waals surface area contributed by atoms with E-state index in [9.17, 15) is 4.79 Å². The van der Waals surface area contributed by atoms with Crippen molar-refractivity contribution in [1.82, 2.24) is 14.5 Å². The van der Waals surface area contributed by atoms with E-state index in [1.54, 1.807) is 6.20 Å². The number of Topliss-reactive ketones (excluding diaryl/α,β-unsaturated/α-hetero) is 1. The van der Waals surface area contributed by atoms with Gasteiger partial charge in [-0.25, -0.2) is 9.97 Å². The summed E-state index contributed by atoms with van der Waals surface area (Å²) in [5, 5.41) is 2.33. The number of carbonyl (C=O) groups is 1. The lowest BCUT2D eigenvalue weighted by atomic mass is 10.2. The smallest absolute Gasteiger partial charge is 0.180 e. The summed E-state index contributed by atoms with van der Waals surface area (Å²) in [5.41, 5.74) is 6.28. The Hall–Kier alpha value is -1.69. The highest BCUT2D eigenvalue weighted by Crippen LogP contribution is 2.12. The number of thiazole rings is 1. The normalized spacial score (nSPS) is 10.7. The zero-order valence-electron chi connectivity index (χ0n) is 10.3. The van der Waals surface area contributed by atoms with Gasteiger partial charge in [-0.2, -0.15) is 0 Å². The number of rotatable bonds is 6. The third kappa shape index (κ3) is 3.16. The maximum absolute atomic E-state index is 11.9. The molecule has 0 bridgehead atoms. The zero-order chi connectivity index (χ0) is 13.0. The van der Waals surface area contributed by atoms with Crippen molar-refractivity contribution in [2.24, 2.45) is 0 Å². The number of aryl methyl sites for hydroxylation is 1. The minimum atomic E-state index is 0.115. The fourth-order valence-electron chi connectivity index (χ4n) is 1.80. The van der Waals surface area contributed by atoms with Crippen molar-refractivity contribution in [2.45, 2.75) is 32.7 Å². The first kappa shape index (κ1) is 12.8. The summed E-state index contributed by atoms with van der Waals surface area (Å²) < 4.78 is 2.02. The van der Waals surface area contributed by atoms with Crippen LogP contribution in [0.2, 0.25) is 0 Å². The van der Waals surface area contributed by atoms with Crippen LogP contribution < -0.4 is 5.73 Å². The van der Waals surface area contributed by atoms with Gasteiger partial charge >= 0.3 is 0 Å². The first-order valence-corrected chi connectivity index (χ1v) is 6.78. The summed E-state index contributed by atoms with van der Waals surface area (Å²) in [6.45, 7) is 3.00. The van der Waals surface area contributed by atoms with Gasteiger partial charge in [-0.05, 0) is 6.42 Å². The molecule has 2 rings (SSSR count). The van der Waals surface area contributed by atoms with Gasteiger partial charge in [-0.1, -0.05) is 6.92 Å². The van der Waals surface area contributed by atoms with E-state index in [0.29, 0.717) is 18.0 Å². The number of carbonyl (C=O) groups excluding carboxylic acids is 1. The average Bonchev–Trinajstić information content (AvgIpc) is 2.90. The molecule has 2 N–H and O–H groups in total. The summed E-state index contributed by atoms with van der Waals surface area (Å²) in [7, 11) is 0. The highest BCUT2D eigenvalue weighted by Gasteiger charge is 2.11. The number of nitrogens with two attached hydrogens (primary N) is 1. The predicted octanol–water partition coefficient (Wildman–Crippen LogP) is 1.69. The predicted molar refractivity (Wildman–Crippen MR) is 71.5 cm³/mol. The SMILES string of the molecule is CCCn1ccnc1CC(=O)Cc1csc(N)n1. The Morgan fingerprint density at radius 3 is 3.00 bits per heavy atom. The molecule has 0 aliphatic carbocycles. The molecule has 0 unspecified atom stereocenters. The molecule has 18 heavy (non-hydrogen) atoms. The van der Waals surface area contributed by atoms with Gasteiger partial charge in [-0.15, -0.1) is 11.3 Å². The summed E-state index contributed by atoms with van der Waals surface area (Å²) >= 11 is 1.36. The molecule has 0 aromatic carbocycles. The Balaban J connectivity index is 1.96. The minimum absolute atomic E-state index is 0.115. The van der Waals surface area contributed by atoms with Crippen molar-refractivity contribution < 1.29 is 4.79 Å². The van der Waals surface area contributed by atoms with Gasteiger partial charge in [0.2, 0.25) is 0 Å². The molecule has 0 amide bonds. The van der Waals surface area contributed by atoms with E-state index in [1.165, 1.54) is 11.3 Å². The van der Waals surface area contributed by atoms with E-state index in [-0.39, 0.29) is 5.78 Å². The molecule has 5 nitrogen and oxygen atoms in total. The summed E-state index contributed by atoms with van der Waals surface area (Å²) in [6.07, 6.45) is 5.35. The fourth-order valence-corrected chi connectivity index (χ4v) is 2.36. The largest absolute Gasteiger partial charge is 0.375 e. The van der Waals surface area contributed by atoms with Crippen molar-refractivity contribution in [3.05, 3.63) is 29.3 Å². The standard InChI is InChI=1S/C12H16N4OS/c1-2-4-16-5-3-14-11(16)7-10(17)6-9-8-18-12(13)15-9/h3,5,8H,2,4,6-7H2,1H3,(H2,13,15). The maximum Gasteiger partial charge on any atom is 0.180 e. The third-order valence-electron chi connectivity index (χ3n) is 2.57. The molecule has 0 atom stereocenters. The lowest BCUT2D eigenvalue weighted by Crippen LogP contribution is -2.12. The number of anilines is 1. The molecule has 2 aromatic rings. The van der Waals surface area contributed by atoms with Gasteiger partial charge in [0.1, 0.15) is 11.6 Å². The Morgan fingerprint density at radius 1 is 1.50 bits per heavy atom. The molecule has 2 heterocycles. The van der Waals surface area contributed by atoms with Crippen molar-refractivity contribution in [3.8, 4) is 0 Å². The molecule has 0 aliphatic rings. The number of hydrogen-bond donors (Lipinski definition) is 1. The number of imidazole rings is 1. The molecule has 0 fully saturated rings. The lowest BCUT2D eigenvalue weighted by molar-refractivity contribution is -0.118. The van der Waals surface area contributed by atoms with Gasteiger partial charge in [0.15, 0.2) is 5.13 Å². The number of nitrogen functional groups attached to an aromatic ring is 1. The molecule has 0 spiro atoms. The van der Waals surface area contributed by atoms with Gasteiger partial charge in [0, 0.05) is 24.3 Å². The Labute approximate surface area is 110 Å². The van der Waals surface area contributed by atoms with Crippen LogP contribution in [0.1, 0.15) is 24.9 Å². The first-order valence-electron chi connectivity index (χ1n) is 5.90. The van der Waals surface area contributed by atoms with E-state index in [4.69, 9.17) is 5.73 Å². The quantitative estimate of drug-likeness (QED) is 0.861. The van der Waals surface area contributed by atoms with E-state index >= 15 is 0 Å².